The molecule has 0 saturated carbocycles. The van der Waals surface area contributed by atoms with Gasteiger partial charge in [0.15, 0.2) is 0 Å². The number of carbonyl (C=O) groups excluding carboxylic acids is 1. The lowest BCUT2D eigenvalue weighted by Crippen LogP contribution is -2.30. The van der Waals surface area contributed by atoms with E-state index in [0.717, 1.165) is 5.69 Å². The Bertz CT molecular complexity index is 640. The van der Waals surface area contributed by atoms with Gasteiger partial charge in [0.2, 0.25) is 0 Å². The van der Waals surface area contributed by atoms with Crippen molar-refractivity contribution in [2.45, 2.75) is 13.5 Å². The molecule has 0 fully saturated rings. The van der Waals surface area contributed by atoms with E-state index in [9.17, 15) is 9.18 Å². The van der Waals surface area contributed by atoms with Gasteiger partial charge in [-0.2, -0.15) is 0 Å². The number of nitrogens with one attached hydrogen (secondary N) is 1. The van der Waals surface area contributed by atoms with Crippen LogP contribution in [0.2, 0.25) is 0 Å². The van der Waals surface area contributed by atoms with E-state index >= 15 is 0 Å². The Morgan fingerprint density at radius 3 is 2.52 bits per heavy atom. The standard InChI is InChI=1S/C16H18FN3O/c1-11-3-6-14(7-4-11)20(2)10-13-9-12(16(21)19-18)5-8-15(13)17/h3-9H,10,18H2,1-2H3,(H,19,21). The van der Waals surface area contributed by atoms with E-state index in [1.54, 1.807) is 0 Å². The number of aryl methyl sites for hydroxylation is 1. The zero-order valence-corrected chi connectivity index (χ0v) is 12.1. The second kappa shape index (κ2) is 6.37. The van der Waals surface area contributed by atoms with E-state index in [1.165, 1.54) is 23.8 Å². The number of nitrogens with two attached hydrogens (primary N) is 1. The summed E-state index contributed by atoms with van der Waals surface area (Å²) in [5, 5.41) is 0. The van der Waals surface area contributed by atoms with Gasteiger partial charge in [-0.1, -0.05) is 17.7 Å². The van der Waals surface area contributed by atoms with Crippen LogP contribution in [0.5, 0.6) is 0 Å². The third-order valence-corrected chi connectivity index (χ3v) is 3.32. The van der Waals surface area contributed by atoms with Crippen LogP contribution in [-0.2, 0) is 6.54 Å². The molecule has 0 aliphatic heterocycles. The van der Waals surface area contributed by atoms with Gasteiger partial charge < -0.3 is 4.90 Å². The van der Waals surface area contributed by atoms with Gasteiger partial charge in [-0.05, 0) is 37.3 Å². The summed E-state index contributed by atoms with van der Waals surface area (Å²) in [6.07, 6.45) is 0. The minimum Gasteiger partial charge on any atom is -0.370 e. The first-order chi connectivity index (χ1) is 10.0. The van der Waals surface area contributed by atoms with Gasteiger partial charge in [0.05, 0.1) is 0 Å². The molecule has 0 spiro atoms. The van der Waals surface area contributed by atoms with E-state index in [0.29, 0.717) is 17.7 Å². The molecule has 0 bridgehead atoms. The summed E-state index contributed by atoms with van der Waals surface area (Å²) in [6.45, 7) is 2.37. The van der Waals surface area contributed by atoms with Gasteiger partial charge in [0, 0.05) is 30.4 Å². The first-order valence-corrected chi connectivity index (χ1v) is 6.58. The van der Waals surface area contributed by atoms with Crippen LogP contribution in [-0.4, -0.2) is 13.0 Å². The average molecular weight is 287 g/mol. The molecule has 0 atom stereocenters. The highest BCUT2D eigenvalue weighted by Gasteiger charge is 2.11. The SMILES string of the molecule is Cc1ccc(N(C)Cc2cc(C(=O)NN)ccc2F)cc1. The number of anilines is 1. The third kappa shape index (κ3) is 3.58. The number of benzene rings is 2. The number of nitrogens with zero attached hydrogens (tertiary/aromatic N) is 1. The van der Waals surface area contributed by atoms with Crippen molar-refractivity contribution < 1.29 is 9.18 Å². The van der Waals surface area contributed by atoms with Gasteiger partial charge in [0.1, 0.15) is 5.82 Å². The minimum atomic E-state index is -0.436. The first-order valence-electron chi connectivity index (χ1n) is 6.58. The van der Waals surface area contributed by atoms with Crippen LogP contribution in [0, 0.1) is 12.7 Å². The van der Waals surface area contributed by atoms with Crippen LogP contribution in [0.1, 0.15) is 21.5 Å². The highest BCUT2D eigenvalue weighted by molar-refractivity contribution is 5.93. The number of nitrogen functional groups attached to an aromatic ring is 1. The predicted octanol–water partition coefficient (Wildman–Crippen LogP) is 2.37. The summed E-state index contributed by atoms with van der Waals surface area (Å²) >= 11 is 0. The van der Waals surface area contributed by atoms with E-state index in [-0.39, 0.29) is 5.82 Å². The molecular weight excluding hydrogens is 269 g/mol. The van der Waals surface area contributed by atoms with E-state index in [4.69, 9.17) is 5.84 Å². The van der Waals surface area contributed by atoms with Crippen molar-refractivity contribution in [1.82, 2.24) is 5.43 Å². The molecular formula is C16H18FN3O. The van der Waals surface area contributed by atoms with Crippen molar-refractivity contribution >= 4 is 11.6 Å². The quantitative estimate of drug-likeness (QED) is 0.515. The Balaban J connectivity index is 2.22. The van der Waals surface area contributed by atoms with E-state index in [1.807, 2.05) is 48.6 Å². The summed E-state index contributed by atoms with van der Waals surface area (Å²) in [7, 11) is 1.87. The third-order valence-electron chi connectivity index (χ3n) is 3.32. The normalized spacial score (nSPS) is 10.3. The molecule has 0 heterocycles. The Morgan fingerprint density at radius 1 is 1.24 bits per heavy atom. The topological polar surface area (TPSA) is 58.4 Å². The molecule has 110 valence electrons. The molecule has 0 saturated heterocycles. The second-order valence-electron chi connectivity index (χ2n) is 4.97. The molecule has 0 aliphatic rings. The maximum Gasteiger partial charge on any atom is 0.265 e. The summed E-state index contributed by atoms with van der Waals surface area (Å²) < 4.78 is 13.9. The number of rotatable bonds is 4. The lowest BCUT2D eigenvalue weighted by Gasteiger charge is -2.20. The van der Waals surface area contributed by atoms with Crippen LogP contribution in [0.15, 0.2) is 42.5 Å². The highest BCUT2D eigenvalue weighted by atomic mass is 19.1. The van der Waals surface area contributed by atoms with Crippen molar-refractivity contribution in [3.8, 4) is 0 Å². The lowest BCUT2D eigenvalue weighted by atomic mass is 10.1. The Kier molecular flexibility index (Phi) is 4.55. The number of hydrogen-bond acceptors (Lipinski definition) is 3. The van der Waals surface area contributed by atoms with Crippen LogP contribution in [0.25, 0.3) is 0 Å². The average Bonchev–Trinajstić information content (AvgIpc) is 2.49. The van der Waals surface area contributed by atoms with Crippen molar-refractivity contribution in [3.63, 3.8) is 0 Å². The number of hydrazine groups is 1. The van der Waals surface area contributed by atoms with Gasteiger partial charge in [-0.3, -0.25) is 10.2 Å². The van der Waals surface area contributed by atoms with Gasteiger partial charge in [-0.15, -0.1) is 0 Å². The molecule has 2 aromatic carbocycles. The number of amides is 1. The number of hydrogen-bond donors (Lipinski definition) is 2. The van der Waals surface area contributed by atoms with E-state index in [2.05, 4.69) is 0 Å². The summed E-state index contributed by atoms with van der Waals surface area (Å²) in [6, 6.07) is 12.2. The highest BCUT2D eigenvalue weighted by Crippen LogP contribution is 2.18. The second-order valence-corrected chi connectivity index (χ2v) is 4.97. The van der Waals surface area contributed by atoms with Gasteiger partial charge >= 0.3 is 0 Å². The smallest absolute Gasteiger partial charge is 0.265 e. The maximum absolute atomic E-state index is 13.9. The number of carbonyl (C=O) groups is 1. The predicted molar refractivity (Wildman–Crippen MR) is 81.3 cm³/mol. The van der Waals surface area contributed by atoms with Crippen LogP contribution in [0.4, 0.5) is 10.1 Å². The first kappa shape index (κ1) is 15.0. The van der Waals surface area contributed by atoms with Crippen molar-refractivity contribution in [2.24, 2.45) is 5.84 Å². The van der Waals surface area contributed by atoms with E-state index < -0.39 is 5.91 Å². The van der Waals surface area contributed by atoms with Crippen LogP contribution in [0.3, 0.4) is 0 Å². The molecule has 0 aliphatic carbocycles. The van der Waals surface area contributed by atoms with Crippen LogP contribution < -0.4 is 16.2 Å². The zero-order valence-electron chi connectivity index (χ0n) is 12.1. The van der Waals surface area contributed by atoms with Crippen molar-refractivity contribution in [2.75, 3.05) is 11.9 Å². The summed E-state index contributed by atoms with van der Waals surface area (Å²) in [4.78, 5) is 13.4. The maximum atomic E-state index is 13.9. The van der Waals surface area contributed by atoms with Crippen molar-refractivity contribution in [1.29, 1.82) is 0 Å². The number of halogens is 1. The Labute approximate surface area is 123 Å². The molecule has 4 nitrogen and oxygen atoms in total. The molecule has 0 unspecified atom stereocenters. The molecule has 1 amide bonds. The van der Waals surface area contributed by atoms with Crippen LogP contribution >= 0.6 is 0 Å². The summed E-state index contributed by atoms with van der Waals surface area (Å²) in [5.41, 5.74) is 4.97. The molecule has 3 N–H and O–H groups in total. The van der Waals surface area contributed by atoms with Gasteiger partial charge in [0.25, 0.3) is 5.91 Å². The largest absolute Gasteiger partial charge is 0.370 e. The Hall–Kier alpha value is -2.40. The molecule has 0 radical (unpaired) electrons. The monoisotopic (exact) mass is 287 g/mol. The van der Waals surface area contributed by atoms with Crippen molar-refractivity contribution in [3.05, 3.63) is 65.0 Å². The fraction of sp³-hybridized carbons (Fsp3) is 0.188. The molecule has 2 rings (SSSR count). The summed E-state index contributed by atoms with van der Waals surface area (Å²) in [5.74, 6) is 4.31. The zero-order chi connectivity index (χ0) is 15.4. The minimum absolute atomic E-state index is 0.339. The fourth-order valence-electron chi connectivity index (χ4n) is 2.07. The molecule has 0 aromatic heterocycles. The van der Waals surface area contributed by atoms with Gasteiger partial charge in [-0.25, -0.2) is 10.2 Å². The Morgan fingerprint density at radius 2 is 1.90 bits per heavy atom. The molecule has 2 aromatic rings. The lowest BCUT2D eigenvalue weighted by molar-refractivity contribution is 0.0953. The molecule has 5 heteroatoms. The molecule has 21 heavy (non-hydrogen) atoms. The fourth-order valence-corrected chi connectivity index (χ4v) is 2.07.